The second kappa shape index (κ2) is 8.46. The Morgan fingerprint density at radius 2 is 1.84 bits per heavy atom. The summed E-state index contributed by atoms with van der Waals surface area (Å²) in [5, 5.41) is 20.0. The molecule has 3 fully saturated rings. The van der Waals surface area contributed by atoms with Gasteiger partial charge in [-0.25, -0.2) is 0 Å². The molecule has 2 aliphatic heterocycles. The zero-order valence-electron chi connectivity index (χ0n) is 19.9. The molecule has 1 saturated carbocycles. The number of nitrogens with zero attached hydrogens (tertiary/aromatic N) is 2. The second-order valence-electron chi connectivity index (χ2n) is 9.86. The number of carbonyl (C=O) groups excluding carboxylic acids is 4. The summed E-state index contributed by atoms with van der Waals surface area (Å²) < 4.78 is 5.49. The summed E-state index contributed by atoms with van der Waals surface area (Å²) in [6.07, 6.45) is 1.27. The van der Waals surface area contributed by atoms with E-state index in [1.54, 1.807) is 18.2 Å². The van der Waals surface area contributed by atoms with E-state index in [9.17, 15) is 29.1 Å². The predicted octanol–water partition coefficient (Wildman–Crippen LogP) is 1.86. The Labute approximate surface area is 221 Å². The Morgan fingerprint density at radius 1 is 1.14 bits per heavy atom. The average Bonchev–Trinajstić information content (AvgIpc) is 3.17. The normalized spacial score (nSPS) is 34.8. The van der Waals surface area contributed by atoms with Crippen molar-refractivity contribution >= 4 is 52.8 Å². The summed E-state index contributed by atoms with van der Waals surface area (Å²) in [6, 6.07) is 4.52. The van der Waals surface area contributed by atoms with E-state index in [1.165, 1.54) is 20.2 Å². The summed E-state index contributed by atoms with van der Waals surface area (Å²) in [5.74, 6) is -7.32. The van der Waals surface area contributed by atoms with E-state index in [-0.39, 0.29) is 36.4 Å². The number of hydrogen-bond donors (Lipinski definition) is 2. The molecule has 0 radical (unpaired) electrons. The molecular formula is C25H24Cl2N2O8. The van der Waals surface area contributed by atoms with Gasteiger partial charge in [0.05, 0.1) is 25.4 Å². The molecule has 0 aromatic heterocycles. The maximum Gasteiger partial charge on any atom is 0.305 e. The van der Waals surface area contributed by atoms with Gasteiger partial charge in [-0.2, -0.15) is 0 Å². The summed E-state index contributed by atoms with van der Waals surface area (Å²) in [7, 11) is 2.65. The second-order valence-corrected chi connectivity index (χ2v) is 11.1. The van der Waals surface area contributed by atoms with Crippen molar-refractivity contribution in [2.45, 2.75) is 34.9 Å². The zero-order valence-corrected chi connectivity index (χ0v) is 21.5. The van der Waals surface area contributed by atoms with E-state index in [2.05, 4.69) is 0 Å². The first kappa shape index (κ1) is 25.5. The maximum atomic E-state index is 13.5. The number of methoxy groups -OCH3 is 1. The lowest BCUT2D eigenvalue weighted by molar-refractivity contribution is -0.143. The van der Waals surface area contributed by atoms with E-state index >= 15 is 0 Å². The molecule has 4 aliphatic rings. The fraction of sp³-hybridized carbons (Fsp3) is 0.480. The topological polar surface area (TPSA) is 142 Å². The first-order valence-electron chi connectivity index (χ1n) is 11.7. The van der Waals surface area contributed by atoms with Crippen LogP contribution in [0.5, 0.6) is 11.5 Å². The number of hydrogen-bond acceptors (Lipinski definition) is 7. The molecule has 10 nitrogen and oxygen atoms in total. The van der Waals surface area contributed by atoms with Crippen LogP contribution in [-0.4, -0.2) is 80.1 Å². The number of fused-ring (bicyclic) bond motifs is 4. The van der Waals surface area contributed by atoms with Crippen molar-refractivity contribution < 1.29 is 38.9 Å². The molecule has 2 N–H and O–H groups in total. The largest absolute Gasteiger partial charge is 0.508 e. The highest BCUT2D eigenvalue weighted by atomic mass is 35.5. The zero-order chi connectivity index (χ0) is 27.0. The van der Waals surface area contributed by atoms with Crippen molar-refractivity contribution in [3.8, 4) is 11.5 Å². The maximum absolute atomic E-state index is 13.5. The van der Waals surface area contributed by atoms with Crippen LogP contribution in [0.4, 0.5) is 0 Å². The van der Waals surface area contributed by atoms with Crippen LogP contribution in [0.3, 0.4) is 0 Å². The summed E-state index contributed by atoms with van der Waals surface area (Å²) in [4.78, 5) is 62.4. The van der Waals surface area contributed by atoms with Gasteiger partial charge in [0.1, 0.15) is 11.5 Å². The number of alkyl halides is 2. The third-order valence-corrected chi connectivity index (χ3v) is 9.62. The molecule has 2 saturated heterocycles. The van der Waals surface area contributed by atoms with Crippen molar-refractivity contribution in [2.75, 3.05) is 20.7 Å². The van der Waals surface area contributed by atoms with Gasteiger partial charge < -0.3 is 14.9 Å². The molecule has 2 aliphatic carbocycles. The molecule has 196 valence electrons. The van der Waals surface area contributed by atoms with Gasteiger partial charge in [0.2, 0.25) is 11.8 Å². The predicted molar refractivity (Wildman–Crippen MR) is 129 cm³/mol. The number of allylic oxidation sites excluding steroid dienone is 2. The Balaban J connectivity index is 1.70. The lowest BCUT2D eigenvalue weighted by atomic mass is 9.56. The van der Waals surface area contributed by atoms with Crippen LogP contribution in [0, 0.1) is 17.8 Å². The van der Waals surface area contributed by atoms with Crippen molar-refractivity contribution in [1.82, 2.24) is 9.80 Å². The van der Waals surface area contributed by atoms with Crippen molar-refractivity contribution in [3.63, 3.8) is 0 Å². The molecule has 4 amide bonds. The van der Waals surface area contributed by atoms with E-state index < -0.39 is 69.4 Å². The van der Waals surface area contributed by atoms with Crippen LogP contribution in [0.25, 0.3) is 0 Å². The van der Waals surface area contributed by atoms with Gasteiger partial charge >= 0.3 is 5.97 Å². The average molecular weight is 551 g/mol. The number of rotatable bonds is 5. The van der Waals surface area contributed by atoms with Crippen LogP contribution in [0.2, 0.25) is 0 Å². The number of benzene rings is 1. The minimum absolute atomic E-state index is 0.136. The third-order valence-electron chi connectivity index (χ3n) is 8.21. The Hall–Kier alpha value is -3.11. The van der Waals surface area contributed by atoms with Crippen LogP contribution in [0.1, 0.15) is 30.7 Å². The number of imide groups is 2. The number of amides is 4. The minimum Gasteiger partial charge on any atom is -0.508 e. The SMILES string of the molecule is COc1cccc(O)c1[C@H]1C2=CC[C@@H]3C(=O)N(CCC(=O)O)C(=O)[C@@H]3[C@@H]2C[C@@]2(Cl)C(=O)N(C)C(=O)[C@@]12Cl. The van der Waals surface area contributed by atoms with Crippen molar-refractivity contribution in [3.05, 3.63) is 35.4 Å². The molecule has 0 unspecified atom stereocenters. The van der Waals surface area contributed by atoms with Gasteiger partial charge in [-0.15, -0.1) is 23.2 Å². The molecule has 1 aromatic rings. The van der Waals surface area contributed by atoms with Gasteiger partial charge in [0.15, 0.2) is 9.75 Å². The van der Waals surface area contributed by atoms with Gasteiger partial charge in [-0.05, 0) is 30.9 Å². The first-order valence-corrected chi connectivity index (χ1v) is 12.5. The van der Waals surface area contributed by atoms with Crippen LogP contribution >= 0.6 is 23.2 Å². The smallest absolute Gasteiger partial charge is 0.305 e. The minimum atomic E-state index is -2.05. The lowest BCUT2D eigenvalue weighted by Gasteiger charge is -2.51. The van der Waals surface area contributed by atoms with Crippen molar-refractivity contribution in [1.29, 1.82) is 0 Å². The highest BCUT2D eigenvalue weighted by Crippen LogP contribution is 2.66. The molecule has 0 bridgehead atoms. The van der Waals surface area contributed by atoms with Gasteiger partial charge in [0.25, 0.3) is 11.8 Å². The number of aliphatic carboxylic acids is 1. The van der Waals surface area contributed by atoms with Crippen LogP contribution < -0.4 is 4.74 Å². The van der Waals surface area contributed by atoms with Gasteiger partial charge in [-0.1, -0.05) is 17.7 Å². The lowest BCUT2D eigenvalue weighted by Crippen LogP contribution is -2.60. The molecular weight excluding hydrogens is 527 g/mol. The first-order chi connectivity index (χ1) is 17.4. The fourth-order valence-corrected chi connectivity index (χ4v) is 7.56. The summed E-state index contributed by atoms with van der Waals surface area (Å²) in [6.45, 7) is -0.273. The Bertz CT molecular complexity index is 1300. The Morgan fingerprint density at radius 3 is 2.49 bits per heavy atom. The number of phenolic OH excluding ortho intramolecular Hbond substituents is 1. The van der Waals surface area contributed by atoms with E-state index in [0.29, 0.717) is 5.57 Å². The molecule has 12 heteroatoms. The molecule has 1 aromatic carbocycles. The molecule has 0 spiro atoms. The van der Waals surface area contributed by atoms with E-state index in [1.807, 2.05) is 0 Å². The number of carboxylic acid groups (broad SMARTS) is 1. The van der Waals surface area contributed by atoms with E-state index in [4.69, 9.17) is 33.0 Å². The fourth-order valence-electron chi connectivity index (χ4n) is 6.55. The third kappa shape index (κ3) is 3.21. The number of carbonyl (C=O) groups is 5. The summed E-state index contributed by atoms with van der Waals surface area (Å²) >= 11 is 14.1. The molecule has 5 rings (SSSR count). The standard InChI is InChI=1S/C25H24Cl2N2O8/c1-28-22(35)24(26)10-13-11(6-7-12-17(13)21(34)29(20(12)33)9-8-16(31)32)19(25(24,27)23(28)36)18-14(30)4-3-5-15(18)37-2/h3-6,12-13,17,19,30H,7-10H2,1-2H3,(H,31,32)/t12-,13+,17-,19+,24+,25-/m0/s1. The monoisotopic (exact) mass is 550 g/mol. The molecule has 6 atom stereocenters. The van der Waals surface area contributed by atoms with Crippen LogP contribution in [0.15, 0.2) is 29.8 Å². The van der Waals surface area contributed by atoms with Gasteiger partial charge in [-0.3, -0.25) is 33.8 Å². The number of aromatic hydroxyl groups is 1. The van der Waals surface area contributed by atoms with Crippen molar-refractivity contribution in [2.24, 2.45) is 17.8 Å². The van der Waals surface area contributed by atoms with Crippen LogP contribution in [-0.2, 0) is 24.0 Å². The highest BCUT2D eigenvalue weighted by Gasteiger charge is 2.76. The van der Waals surface area contributed by atoms with E-state index in [0.717, 1.165) is 9.80 Å². The highest BCUT2D eigenvalue weighted by molar-refractivity contribution is 6.53. The number of phenols is 1. The Kier molecular flexibility index (Phi) is 5.84. The number of ether oxygens (including phenoxy) is 1. The number of carboxylic acids is 1. The molecule has 37 heavy (non-hydrogen) atoms. The quantitative estimate of drug-likeness (QED) is 0.321. The van der Waals surface area contributed by atoms with Gasteiger partial charge in [0, 0.05) is 25.1 Å². The number of likely N-dealkylation sites (tertiary alicyclic amines) is 2. The number of halogens is 2. The molecule has 2 heterocycles. The summed E-state index contributed by atoms with van der Waals surface area (Å²) in [5.41, 5.74) is 0.653.